The maximum absolute atomic E-state index is 14.0. The SMILES string of the molecule is Fc1cccc(F)c1C1CCCc2ncc(CC(F)(F)F)n2C1.NC=O. The quantitative estimate of drug-likeness (QED) is 0.645. The van der Waals surface area contributed by atoms with Crippen molar-refractivity contribution < 1.29 is 26.7 Å². The van der Waals surface area contributed by atoms with Gasteiger partial charge in [-0.1, -0.05) is 6.07 Å². The lowest BCUT2D eigenvalue weighted by molar-refractivity contribution is -0.128. The van der Waals surface area contributed by atoms with Crippen LogP contribution in [0.1, 0.15) is 35.8 Å². The minimum absolute atomic E-state index is 0.0381. The molecule has 2 aromatic rings. The molecule has 1 atom stereocenters. The molecule has 142 valence electrons. The highest BCUT2D eigenvalue weighted by Gasteiger charge is 2.32. The zero-order chi connectivity index (χ0) is 19.3. The summed E-state index contributed by atoms with van der Waals surface area (Å²) < 4.78 is 67.5. The fraction of sp³-hybridized carbons (Fsp3) is 0.412. The molecule has 0 radical (unpaired) electrons. The van der Waals surface area contributed by atoms with Crippen molar-refractivity contribution in [2.45, 2.75) is 44.3 Å². The molecule has 3 rings (SSSR count). The summed E-state index contributed by atoms with van der Waals surface area (Å²) in [5.41, 5.74) is 4.16. The van der Waals surface area contributed by atoms with Crippen LogP contribution >= 0.6 is 0 Å². The molecule has 0 saturated heterocycles. The maximum atomic E-state index is 14.0. The van der Waals surface area contributed by atoms with Gasteiger partial charge in [0.05, 0.1) is 6.42 Å². The van der Waals surface area contributed by atoms with Gasteiger partial charge in [-0.15, -0.1) is 0 Å². The Bertz CT molecular complexity index is 737. The van der Waals surface area contributed by atoms with Gasteiger partial charge in [0, 0.05) is 36.3 Å². The van der Waals surface area contributed by atoms with Crippen molar-refractivity contribution in [3.63, 3.8) is 0 Å². The Morgan fingerprint density at radius 2 is 1.88 bits per heavy atom. The van der Waals surface area contributed by atoms with Crippen LogP contribution in [0.2, 0.25) is 0 Å². The van der Waals surface area contributed by atoms with Crippen molar-refractivity contribution in [3.8, 4) is 0 Å². The van der Waals surface area contributed by atoms with Crippen LogP contribution in [-0.2, 0) is 24.2 Å². The molecule has 0 saturated carbocycles. The number of hydrogen-bond donors (Lipinski definition) is 1. The zero-order valence-electron chi connectivity index (χ0n) is 13.8. The van der Waals surface area contributed by atoms with Crippen molar-refractivity contribution in [2.24, 2.45) is 5.73 Å². The van der Waals surface area contributed by atoms with Gasteiger partial charge < -0.3 is 10.3 Å². The molecule has 1 unspecified atom stereocenters. The normalized spacial score (nSPS) is 16.9. The number of nitrogens with zero attached hydrogens (tertiary/aromatic N) is 2. The van der Waals surface area contributed by atoms with E-state index in [1.807, 2.05) is 0 Å². The number of carbonyl (C=O) groups is 1. The fourth-order valence-electron chi connectivity index (χ4n) is 3.18. The second-order valence-electron chi connectivity index (χ2n) is 5.93. The number of carbonyl (C=O) groups excluding carboxylic acids is 1. The number of primary amides is 1. The Morgan fingerprint density at radius 1 is 1.27 bits per heavy atom. The molecule has 1 aliphatic rings. The Labute approximate surface area is 146 Å². The van der Waals surface area contributed by atoms with E-state index in [0.717, 1.165) is 0 Å². The first kappa shape index (κ1) is 19.9. The average Bonchev–Trinajstić information content (AvgIpc) is 2.77. The first-order valence-corrected chi connectivity index (χ1v) is 7.96. The highest BCUT2D eigenvalue weighted by atomic mass is 19.4. The molecule has 0 fully saturated rings. The van der Waals surface area contributed by atoms with Gasteiger partial charge in [-0.25, -0.2) is 13.8 Å². The van der Waals surface area contributed by atoms with Gasteiger partial charge in [-0.3, -0.25) is 4.79 Å². The topological polar surface area (TPSA) is 60.9 Å². The van der Waals surface area contributed by atoms with Crippen LogP contribution in [-0.4, -0.2) is 22.1 Å². The lowest BCUT2D eigenvalue weighted by Crippen LogP contribution is -2.18. The molecular weight excluding hydrogens is 357 g/mol. The lowest BCUT2D eigenvalue weighted by Gasteiger charge is -2.19. The second-order valence-corrected chi connectivity index (χ2v) is 5.93. The number of aromatic nitrogens is 2. The van der Waals surface area contributed by atoms with Gasteiger partial charge in [0.1, 0.15) is 17.5 Å². The van der Waals surface area contributed by atoms with E-state index >= 15 is 0 Å². The minimum Gasteiger partial charge on any atom is -0.372 e. The van der Waals surface area contributed by atoms with E-state index in [0.29, 0.717) is 25.1 Å². The molecule has 1 aromatic heterocycles. The van der Waals surface area contributed by atoms with Crippen LogP contribution in [0.3, 0.4) is 0 Å². The predicted molar refractivity (Wildman–Crippen MR) is 84.3 cm³/mol. The van der Waals surface area contributed by atoms with Crippen LogP contribution in [0.5, 0.6) is 0 Å². The van der Waals surface area contributed by atoms with Gasteiger partial charge >= 0.3 is 6.18 Å². The van der Waals surface area contributed by atoms with Crippen molar-refractivity contribution >= 4 is 6.41 Å². The first-order valence-electron chi connectivity index (χ1n) is 7.96. The van der Waals surface area contributed by atoms with E-state index in [4.69, 9.17) is 4.79 Å². The number of rotatable bonds is 2. The monoisotopic (exact) mass is 375 g/mol. The summed E-state index contributed by atoms with van der Waals surface area (Å²) in [7, 11) is 0. The second kappa shape index (κ2) is 8.29. The van der Waals surface area contributed by atoms with E-state index in [-0.39, 0.29) is 24.2 Å². The third-order valence-corrected chi connectivity index (χ3v) is 4.17. The molecular formula is C17H18F5N3O. The molecule has 0 aliphatic carbocycles. The molecule has 2 heterocycles. The summed E-state index contributed by atoms with van der Waals surface area (Å²) >= 11 is 0. The van der Waals surface area contributed by atoms with Crippen LogP contribution in [0, 0.1) is 11.6 Å². The molecule has 1 amide bonds. The van der Waals surface area contributed by atoms with Crippen molar-refractivity contribution in [3.05, 3.63) is 53.1 Å². The summed E-state index contributed by atoms with van der Waals surface area (Å²) in [6.07, 6.45) is -2.34. The fourth-order valence-corrected chi connectivity index (χ4v) is 3.18. The molecule has 1 aromatic carbocycles. The van der Waals surface area contributed by atoms with Gasteiger partial charge in [0.15, 0.2) is 0 Å². The molecule has 4 nitrogen and oxygen atoms in total. The summed E-state index contributed by atoms with van der Waals surface area (Å²) in [6.45, 7) is 0.110. The maximum Gasteiger partial charge on any atom is 0.394 e. The number of imidazole rings is 1. The number of aryl methyl sites for hydroxylation is 1. The third kappa shape index (κ3) is 4.80. The highest BCUT2D eigenvalue weighted by Crippen LogP contribution is 2.33. The number of nitrogens with two attached hydrogens (primary N) is 1. The van der Waals surface area contributed by atoms with Gasteiger partial charge in [-0.2, -0.15) is 13.2 Å². The molecule has 2 N–H and O–H groups in total. The Morgan fingerprint density at radius 3 is 2.46 bits per heavy atom. The van der Waals surface area contributed by atoms with Crippen molar-refractivity contribution in [2.75, 3.05) is 0 Å². The highest BCUT2D eigenvalue weighted by molar-refractivity contribution is 5.42. The first-order chi connectivity index (χ1) is 12.3. The summed E-state index contributed by atoms with van der Waals surface area (Å²) in [4.78, 5) is 12.6. The van der Waals surface area contributed by atoms with Gasteiger partial charge in [0.25, 0.3) is 0 Å². The van der Waals surface area contributed by atoms with Crippen LogP contribution in [0.4, 0.5) is 22.0 Å². The molecule has 9 heteroatoms. The Kier molecular flexibility index (Phi) is 6.33. The zero-order valence-corrected chi connectivity index (χ0v) is 13.8. The number of halogens is 5. The van der Waals surface area contributed by atoms with E-state index in [2.05, 4.69) is 10.7 Å². The Hall–Kier alpha value is -2.45. The lowest BCUT2D eigenvalue weighted by atomic mass is 9.93. The number of benzene rings is 1. The van der Waals surface area contributed by atoms with E-state index in [1.165, 1.54) is 29.0 Å². The Balaban J connectivity index is 0.000000758. The average molecular weight is 375 g/mol. The smallest absolute Gasteiger partial charge is 0.372 e. The molecule has 0 spiro atoms. The summed E-state index contributed by atoms with van der Waals surface area (Å²) in [5.74, 6) is -1.27. The van der Waals surface area contributed by atoms with Crippen LogP contribution < -0.4 is 5.73 Å². The molecule has 26 heavy (non-hydrogen) atoms. The van der Waals surface area contributed by atoms with E-state index in [1.54, 1.807) is 0 Å². The largest absolute Gasteiger partial charge is 0.394 e. The summed E-state index contributed by atoms with van der Waals surface area (Å²) in [5, 5.41) is 0. The standard InChI is InChI=1S/C16H15F5N2.CH3NO/c17-12-4-2-5-13(18)15(12)10-3-1-6-14-22-8-11(23(14)9-10)7-16(19,20)21;2-1-3/h2,4-5,8,10H,1,3,6-7,9H2;1H,(H2,2,3). The number of alkyl halides is 3. The van der Waals surface area contributed by atoms with Crippen LogP contribution in [0.25, 0.3) is 0 Å². The summed E-state index contributed by atoms with van der Waals surface area (Å²) in [6, 6.07) is 3.63. The van der Waals surface area contributed by atoms with E-state index in [9.17, 15) is 22.0 Å². The van der Waals surface area contributed by atoms with Gasteiger partial charge in [0.2, 0.25) is 6.41 Å². The van der Waals surface area contributed by atoms with E-state index < -0.39 is 30.1 Å². The predicted octanol–water partition coefficient (Wildman–Crippen LogP) is 3.49. The number of amides is 1. The van der Waals surface area contributed by atoms with Crippen molar-refractivity contribution in [1.82, 2.24) is 9.55 Å². The minimum atomic E-state index is -4.35. The number of fused-ring (bicyclic) bond motifs is 1. The van der Waals surface area contributed by atoms with Crippen molar-refractivity contribution in [1.29, 1.82) is 0 Å². The molecule has 0 bridgehead atoms. The van der Waals surface area contributed by atoms with Crippen LogP contribution in [0.15, 0.2) is 24.4 Å². The molecule has 1 aliphatic heterocycles. The third-order valence-electron chi connectivity index (χ3n) is 4.17. The van der Waals surface area contributed by atoms with Gasteiger partial charge in [-0.05, 0) is 25.0 Å². The number of hydrogen-bond acceptors (Lipinski definition) is 2.